The second-order valence-electron chi connectivity index (χ2n) is 9.75. The highest BCUT2D eigenvalue weighted by atomic mass is 16.6. The van der Waals surface area contributed by atoms with Crippen LogP contribution in [0.4, 0.5) is 4.79 Å². The van der Waals surface area contributed by atoms with Gasteiger partial charge in [-0.2, -0.15) is 0 Å². The van der Waals surface area contributed by atoms with E-state index in [4.69, 9.17) is 4.74 Å². The fourth-order valence-corrected chi connectivity index (χ4v) is 4.39. The number of carbonyl (C=O) groups is 1. The van der Waals surface area contributed by atoms with Gasteiger partial charge >= 0.3 is 6.09 Å². The van der Waals surface area contributed by atoms with Gasteiger partial charge in [-0.25, -0.2) is 4.79 Å². The molecular formula is C19H35N3O2. The standard InChI is InChI=1S/C19H35N3O2/c1-17(2,3)24-16(23)22-10-6-15(12-18(22,4)5)13-21-11-9-20-19(14-21)7-8-19/h15,20H,6-14H2,1-5H3. The molecule has 5 nitrogen and oxygen atoms in total. The maximum atomic E-state index is 12.5. The van der Waals surface area contributed by atoms with E-state index in [1.807, 2.05) is 25.7 Å². The minimum atomic E-state index is -0.427. The van der Waals surface area contributed by atoms with Gasteiger partial charge in [0.25, 0.3) is 0 Å². The van der Waals surface area contributed by atoms with Gasteiger partial charge in [-0.1, -0.05) is 0 Å². The molecule has 0 aromatic carbocycles. The molecule has 1 unspecified atom stereocenters. The predicted molar refractivity (Wildman–Crippen MR) is 96.2 cm³/mol. The van der Waals surface area contributed by atoms with E-state index in [9.17, 15) is 4.79 Å². The Bertz CT molecular complexity index is 479. The van der Waals surface area contributed by atoms with E-state index in [-0.39, 0.29) is 11.6 Å². The van der Waals surface area contributed by atoms with Gasteiger partial charge in [0.1, 0.15) is 5.60 Å². The molecule has 2 saturated heterocycles. The molecule has 1 saturated carbocycles. The zero-order valence-electron chi connectivity index (χ0n) is 16.2. The fraction of sp³-hybridized carbons (Fsp3) is 0.947. The highest BCUT2D eigenvalue weighted by Crippen LogP contribution is 2.39. The van der Waals surface area contributed by atoms with Gasteiger partial charge in [-0.15, -0.1) is 0 Å². The third kappa shape index (κ3) is 4.23. The Labute approximate surface area is 147 Å². The third-order valence-corrected chi connectivity index (χ3v) is 5.72. The molecule has 0 radical (unpaired) electrons. The van der Waals surface area contributed by atoms with E-state index in [0.717, 1.165) is 32.5 Å². The summed E-state index contributed by atoms with van der Waals surface area (Å²) in [4.78, 5) is 17.1. The summed E-state index contributed by atoms with van der Waals surface area (Å²) in [6.45, 7) is 15.6. The maximum absolute atomic E-state index is 12.5. The van der Waals surface area contributed by atoms with Crippen LogP contribution in [0.1, 0.15) is 60.3 Å². The first-order valence-electron chi connectivity index (χ1n) is 9.57. The lowest BCUT2D eigenvalue weighted by molar-refractivity contribution is -0.0184. The number of piperazine rings is 1. The van der Waals surface area contributed by atoms with Gasteiger partial charge in [-0.05, 0) is 66.2 Å². The Balaban J connectivity index is 1.54. The summed E-state index contributed by atoms with van der Waals surface area (Å²) in [5.74, 6) is 0.674. The van der Waals surface area contributed by atoms with Crippen LogP contribution in [0.25, 0.3) is 0 Å². The second kappa shape index (κ2) is 6.17. The summed E-state index contributed by atoms with van der Waals surface area (Å²) in [6.07, 6.45) is 4.66. The van der Waals surface area contributed by atoms with Crippen LogP contribution in [0.2, 0.25) is 0 Å². The van der Waals surface area contributed by atoms with Gasteiger partial charge in [0, 0.05) is 43.8 Å². The number of amides is 1. The minimum Gasteiger partial charge on any atom is -0.444 e. The quantitative estimate of drug-likeness (QED) is 0.841. The second-order valence-corrected chi connectivity index (χ2v) is 9.75. The first-order valence-corrected chi connectivity index (χ1v) is 9.57. The molecule has 1 amide bonds. The Hall–Kier alpha value is -0.810. The minimum absolute atomic E-state index is 0.128. The van der Waals surface area contributed by atoms with E-state index in [1.165, 1.54) is 25.9 Å². The van der Waals surface area contributed by atoms with Crippen LogP contribution in [-0.4, -0.2) is 65.3 Å². The van der Waals surface area contributed by atoms with Crippen molar-refractivity contribution >= 4 is 6.09 Å². The van der Waals surface area contributed by atoms with Crippen LogP contribution < -0.4 is 5.32 Å². The van der Waals surface area contributed by atoms with Crippen LogP contribution in [-0.2, 0) is 4.74 Å². The van der Waals surface area contributed by atoms with E-state index < -0.39 is 5.60 Å². The summed E-state index contributed by atoms with van der Waals surface area (Å²) < 4.78 is 5.60. The summed E-state index contributed by atoms with van der Waals surface area (Å²) >= 11 is 0. The van der Waals surface area contributed by atoms with Crippen molar-refractivity contribution in [3.8, 4) is 0 Å². The molecule has 1 N–H and O–H groups in total. The fourth-order valence-electron chi connectivity index (χ4n) is 4.39. The van der Waals surface area contributed by atoms with E-state index in [2.05, 4.69) is 24.1 Å². The van der Waals surface area contributed by atoms with Crippen LogP contribution in [0.15, 0.2) is 0 Å². The number of nitrogens with zero attached hydrogens (tertiary/aromatic N) is 2. The van der Waals surface area contributed by atoms with Crippen LogP contribution >= 0.6 is 0 Å². The average Bonchev–Trinajstić information content (AvgIpc) is 3.14. The average molecular weight is 338 g/mol. The number of carbonyl (C=O) groups excluding carboxylic acids is 1. The van der Waals surface area contributed by atoms with Crippen molar-refractivity contribution in [2.45, 2.75) is 77.0 Å². The number of likely N-dealkylation sites (tertiary alicyclic amines) is 1. The smallest absolute Gasteiger partial charge is 0.410 e. The van der Waals surface area contributed by atoms with E-state index in [0.29, 0.717) is 11.5 Å². The van der Waals surface area contributed by atoms with Gasteiger partial charge < -0.3 is 15.0 Å². The van der Waals surface area contributed by atoms with Crippen molar-refractivity contribution in [3.05, 3.63) is 0 Å². The van der Waals surface area contributed by atoms with Gasteiger partial charge in [0.2, 0.25) is 0 Å². The molecule has 138 valence electrons. The first kappa shape index (κ1) is 18.0. The monoisotopic (exact) mass is 337 g/mol. The number of hydrogen-bond donors (Lipinski definition) is 1. The molecule has 2 aliphatic heterocycles. The highest BCUT2D eigenvalue weighted by Gasteiger charge is 2.46. The van der Waals surface area contributed by atoms with Crippen molar-refractivity contribution in [1.29, 1.82) is 0 Å². The SMILES string of the molecule is CC(C)(C)OC(=O)N1CCC(CN2CCNC3(CC3)C2)CC1(C)C. The molecule has 1 aliphatic carbocycles. The zero-order chi connectivity index (χ0) is 17.6. The van der Waals surface area contributed by atoms with Crippen LogP contribution in [0, 0.1) is 5.92 Å². The Morgan fingerprint density at radius 3 is 2.54 bits per heavy atom. The summed E-state index contributed by atoms with van der Waals surface area (Å²) in [7, 11) is 0. The van der Waals surface area contributed by atoms with Crippen molar-refractivity contribution in [2.75, 3.05) is 32.7 Å². The number of piperidine rings is 1. The lowest BCUT2D eigenvalue weighted by atomic mass is 9.82. The van der Waals surface area contributed by atoms with Crippen molar-refractivity contribution in [3.63, 3.8) is 0 Å². The van der Waals surface area contributed by atoms with Gasteiger partial charge in [0.15, 0.2) is 0 Å². The Kier molecular flexibility index (Phi) is 4.63. The molecule has 5 heteroatoms. The molecule has 0 bridgehead atoms. The molecule has 3 aliphatic rings. The first-order chi connectivity index (χ1) is 11.1. The number of hydrogen-bond acceptors (Lipinski definition) is 4. The van der Waals surface area contributed by atoms with Crippen molar-refractivity contribution in [2.24, 2.45) is 5.92 Å². The molecule has 0 aromatic rings. The predicted octanol–water partition coefficient (Wildman–Crippen LogP) is 2.85. The van der Waals surface area contributed by atoms with Crippen molar-refractivity contribution < 1.29 is 9.53 Å². The summed E-state index contributed by atoms with van der Waals surface area (Å²) in [6, 6.07) is 0. The number of rotatable bonds is 2. The van der Waals surface area contributed by atoms with Crippen LogP contribution in [0.5, 0.6) is 0 Å². The molecular weight excluding hydrogens is 302 g/mol. The topological polar surface area (TPSA) is 44.8 Å². The number of nitrogens with one attached hydrogen (secondary N) is 1. The van der Waals surface area contributed by atoms with Crippen LogP contribution in [0.3, 0.4) is 0 Å². The Morgan fingerprint density at radius 1 is 1.25 bits per heavy atom. The normalized spacial score (nSPS) is 29.5. The van der Waals surface area contributed by atoms with E-state index >= 15 is 0 Å². The molecule has 3 rings (SSSR count). The molecule has 2 heterocycles. The largest absolute Gasteiger partial charge is 0.444 e. The molecule has 3 fully saturated rings. The van der Waals surface area contributed by atoms with Gasteiger partial charge in [-0.3, -0.25) is 4.90 Å². The third-order valence-electron chi connectivity index (χ3n) is 5.72. The van der Waals surface area contributed by atoms with E-state index in [1.54, 1.807) is 0 Å². The molecule has 24 heavy (non-hydrogen) atoms. The van der Waals surface area contributed by atoms with Crippen molar-refractivity contribution in [1.82, 2.24) is 15.1 Å². The summed E-state index contributed by atoms with van der Waals surface area (Å²) in [5, 5.41) is 3.69. The number of ether oxygens (including phenoxy) is 1. The molecule has 1 spiro atoms. The lowest BCUT2D eigenvalue weighted by Gasteiger charge is -2.47. The highest BCUT2D eigenvalue weighted by molar-refractivity contribution is 5.69. The Morgan fingerprint density at radius 2 is 1.96 bits per heavy atom. The lowest BCUT2D eigenvalue weighted by Crippen LogP contribution is -2.57. The zero-order valence-corrected chi connectivity index (χ0v) is 16.2. The molecule has 0 aromatic heterocycles. The molecule has 1 atom stereocenters. The van der Waals surface area contributed by atoms with Gasteiger partial charge in [0.05, 0.1) is 0 Å². The maximum Gasteiger partial charge on any atom is 0.410 e. The summed E-state index contributed by atoms with van der Waals surface area (Å²) in [5.41, 5.74) is -0.106.